The minimum Gasteiger partial charge on any atom is -0.508 e. The third-order valence-corrected chi connectivity index (χ3v) is 5.06. The second-order valence-corrected chi connectivity index (χ2v) is 8.19. The molecule has 1 rings (SSSR count). The summed E-state index contributed by atoms with van der Waals surface area (Å²) >= 11 is 0. The molecule has 204 valence electrons. The Hall–Kier alpha value is -4.24. The lowest BCUT2D eigenvalue weighted by molar-refractivity contribution is -0.147. The fourth-order valence-corrected chi connectivity index (χ4v) is 3.09. The third kappa shape index (κ3) is 10.9. The number of benzene rings is 1. The highest BCUT2D eigenvalue weighted by Crippen LogP contribution is 2.11. The Balaban J connectivity index is 2.96. The topological polar surface area (TPSA) is 266 Å². The first kappa shape index (κ1) is 30.8. The Labute approximate surface area is 210 Å². The number of nitrogens with two attached hydrogens (primary N) is 1. The summed E-state index contributed by atoms with van der Waals surface area (Å²) in [5.74, 6) is -7.65. The van der Waals surface area contributed by atoms with E-state index < -0.39 is 85.2 Å². The Kier molecular flexibility index (Phi) is 11.9. The standard InChI is InChI=1S/C22H30N4O11/c1-10(27)18(26-19(33)13(23)8-11-2-4-12(28)5-3-11)21(35)24-14(6-7-16(29)30)20(34)25-15(22(36)37)9-17(31)32/h2-5,10,13-15,18,27-28H,6-9,23H2,1H3,(H,24,35)(H,25,34)(H,26,33)(H,29,30)(H,31,32)(H,36,37). The molecule has 15 nitrogen and oxygen atoms in total. The molecule has 5 atom stereocenters. The largest absolute Gasteiger partial charge is 0.508 e. The summed E-state index contributed by atoms with van der Waals surface area (Å²) in [5.41, 5.74) is 6.46. The lowest BCUT2D eigenvalue weighted by Crippen LogP contribution is -2.60. The van der Waals surface area contributed by atoms with Crippen LogP contribution >= 0.6 is 0 Å². The van der Waals surface area contributed by atoms with Crippen molar-refractivity contribution in [2.24, 2.45) is 5.73 Å². The summed E-state index contributed by atoms with van der Waals surface area (Å²) in [6.45, 7) is 1.16. The van der Waals surface area contributed by atoms with E-state index in [1.165, 1.54) is 24.3 Å². The fraction of sp³-hybridized carbons (Fsp3) is 0.455. The van der Waals surface area contributed by atoms with Crippen LogP contribution in [0, 0.1) is 0 Å². The zero-order valence-corrected chi connectivity index (χ0v) is 19.8. The SMILES string of the molecule is CC(O)C(NC(=O)C(N)Cc1ccc(O)cc1)C(=O)NC(CCC(=O)O)C(=O)NC(CC(=O)O)C(=O)O. The van der Waals surface area contributed by atoms with E-state index in [1.54, 1.807) is 0 Å². The number of phenolic OH excluding ortho intramolecular Hbond substituents is 1. The van der Waals surface area contributed by atoms with E-state index >= 15 is 0 Å². The van der Waals surface area contributed by atoms with Gasteiger partial charge in [-0.3, -0.25) is 24.0 Å². The predicted molar refractivity (Wildman–Crippen MR) is 124 cm³/mol. The van der Waals surface area contributed by atoms with Gasteiger partial charge in [-0.2, -0.15) is 0 Å². The Morgan fingerprint density at radius 2 is 1.41 bits per heavy atom. The molecule has 0 saturated heterocycles. The van der Waals surface area contributed by atoms with Crippen LogP contribution in [0.3, 0.4) is 0 Å². The smallest absolute Gasteiger partial charge is 0.326 e. The van der Waals surface area contributed by atoms with Gasteiger partial charge in [0, 0.05) is 6.42 Å². The molecule has 15 heteroatoms. The summed E-state index contributed by atoms with van der Waals surface area (Å²) < 4.78 is 0. The van der Waals surface area contributed by atoms with Crippen LogP contribution in [0.25, 0.3) is 0 Å². The molecule has 0 saturated carbocycles. The molecule has 1 aromatic carbocycles. The second kappa shape index (κ2) is 14.4. The quantitative estimate of drug-likeness (QED) is 0.115. The minimum absolute atomic E-state index is 0.00624. The lowest BCUT2D eigenvalue weighted by Gasteiger charge is -2.26. The van der Waals surface area contributed by atoms with Crippen molar-refractivity contribution in [1.82, 2.24) is 16.0 Å². The number of hydrogen-bond acceptors (Lipinski definition) is 9. The number of phenols is 1. The molecule has 3 amide bonds. The van der Waals surface area contributed by atoms with E-state index in [0.717, 1.165) is 6.92 Å². The maximum atomic E-state index is 12.8. The van der Waals surface area contributed by atoms with E-state index in [4.69, 9.17) is 21.1 Å². The molecule has 0 spiro atoms. The van der Waals surface area contributed by atoms with Gasteiger partial charge in [-0.15, -0.1) is 0 Å². The number of carbonyl (C=O) groups is 6. The molecule has 10 N–H and O–H groups in total. The van der Waals surface area contributed by atoms with Crippen LogP contribution in [-0.2, 0) is 35.2 Å². The maximum Gasteiger partial charge on any atom is 0.326 e. The van der Waals surface area contributed by atoms with Crippen molar-refractivity contribution in [3.05, 3.63) is 29.8 Å². The van der Waals surface area contributed by atoms with Crippen LogP contribution < -0.4 is 21.7 Å². The Bertz CT molecular complexity index is 997. The van der Waals surface area contributed by atoms with Crippen LogP contribution in [-0.4, -0.2) is 91.4 Å². The highest BCUT2D eigenvalue weighted by Gasteiger charge is 2.33. The number of hydrogen-bond donors (Lipinski definition) is 9. The molecule has 0 aliphatic carbocycles. The molecule has 1 aromatic rings. The van der Waals surface area contributed by atoms with E-state index in [1.807, 2.05) is 5.32 Å². The van der Waals surface area contributed by atoms with Crippen molar-refractivity contribution in [2.75, 3.05) is 0 Å². The summed E-state index contributed by atoms with van der Waals surface area (Å²) in [7, 11) is 0. The molecule has 0 aliphatic rings. The Morgan fingerprint density at radius 3 is 1.89 bits per heavy atom. The number of nitrogens with one attached hydrogen (secondary N) is 3. The minimum atomic E-state index is -1.86. The van der Waals surface area contributed by atoms with Gasteiger partial charge in [0.15, 0.2) is 0 Å². The van der Waals surface area contributed by atoms with Crippen LogP contribution in [0.2, 0.25) is 0 Å². The van der Waals surface area contributed by atoms with Gasteiger partial charge in [0.2, 0.25) is 17.7 Å². The lowest BCUT2D eigenvalue weighted by atomic mass is 10.0. The van der Waals surface area contributed by atoms with Crippen molar-refractivity contribution < 1.29 is 54.3 Å². The molecular formula is C22H30N4O11. The van der Waals surface area contributed by atoms with Crippen LogP contribution in [0.1, 0.15) is 31.7 Å². The van der Waals surface area contributed by atoms with Crippen LogP contribution in [0.15, 0.2) is 24.3 Å². The van der Waals surface area contributed by atoms with Crippen molar-refractivity contribution >= 4 is 35.6 Å². The molecule has 5 unspecified atom stereocenters. The van der Waals surface area contributed by atoms with Gasteiger partial charge in [0.05, 0.1) is 18.6 Å². The van der Waals surface area contributed by atoms with E-state index in [2.05, 4.69) is 10.6 Å². The molecule has 0 aromatic heterocycles. The predicted octanol–water partition coefficient (Wildman–Crippen LogP) is -2.48. The summed E-state index contributed by atoms with van der Waals surface area (Å²) in [4.78, 5) is 71.0. The maximum absolute atomic E-state index is 12.8. The zero-order chi connectivity index (χ0) is 28.3. The normalized spacial score (nSPS) is 14.8. The highest BCUT2D eigenvalue weighted by molar-refractivity contribution is 5.95. The molecule has 37 heavy (non-hydrogen) atoms. The number of aromatic hydroxyl groups is 1. The van der Waals surface area contributed by atoms with Gasteiger partial charge in [-0.25, -0.2) is 4.79 Å². The highest BCUT2D eigenvalue weighted by atomic mass is 16.4. The van der Waals surface area contributed by atoms with Gasteiger partial charge < -0.3 is 47.2 Å². The molecule has 0 aliphatic heterocycles. The second-order valence-electron chi connectivity index (χ2n) is 8.19. The summed E-state index contributed by atoms with van der Waals surface area (Å²) in [5, 5.41) is 52.6. The summed E-state index contributed by atoms with van der Waals surface area (Å²) in [6.07, 6.45) is -3.59. The van der Waals surface area contributed by atoms with Crippen molar-refractivity contribution in [2.45, 2.75) is 62.9 Å². The van der Waals surface area contributed by atoms with E-state index in [0.29, 0.717) is 5.56 Å². The van der Waals surface area contributed by atoms with Gasteiger partial charge in [0.25, 0.3) is 0 Å². The van der Waals surface area contributed by atoms with Crippen molar-refractivity contribution in [3.63, 3.8) is 0 Å². The fourth-order valence-electron chi connectivity index (χ4n) is 3.09. The van der Waals surface area contributed by atoms with Gasteiger partial charge in [0.1, 0.15) is 23.9 Å². The first-order valence-electron chi connectivity index (χ1n) is 11.0. The van der Waals surface area contributed by atoms with Gasteiger partial charge in [-0.1, -0.05) is 12.1 Å². The number of aliphatic hydroxyl groups excluding tert-OH is 1. The number of carbonyl (C=O) groups excluding carboxylic acids is 3. The number of aliphatic hydroxyl groups is 1. The number of carboxylic acid groups (broad SMARTS) is 3. The third-order valence-electron chi connectivity index (χ3n) is 5.06. The summed E-state index contributed by atoms with van der Waals surface area (Å²) in [6, 6.07) is -0.463. The van der Waals surface area contributed by atoms with Crippen molar-refractivity contribution in [3.8, 4) is 5.75 Å². The van der Waals surface area contributed by atoms with E-state index in [-0.39, 0.29) is 12.2 Å². The van der Waals surface area contributed by atoms with E-state index in [9.17, 15) is 39.0 Å². The van der Waals surface area contributed by atoms with Crippen molar-refractivity contribution in [1.29, 1.82) is 0 Å². The molecule has 0 radical (unpaired) electrons. The average molecular weight is 526 g/mol. The molecular weight excluding hydrogens is 496 g/mol. The van der Waals surface area contributed by atoms with Crippen LogP contribution in [0.4, 0.5) is 0 Å². The number of rotatable bonds is 15. The number of aliphatic carboxylic acids is 3. The number of carboxylic acids is 3. The molecule has 0 fully saturated rings. The van der Waals surface area contributed by atoms with Gasteiger partial charge in [-0.05, 0) is 37.5 Å². The monoisotopic (exact) mass is 526 g/mol. The Morgan fingerprint density at radius 1 is 0.838 bits per heavy atom. The zero-order valence-electron chi connectivity index (χ0n) is 19.8. The average Bonchev–Trinajstić information content (AvgIpc) is 2.79. The van der Waals surface area contributed by atoms with Gasteiger partial charge >= 0.3 is 17.9 Å². The number of amides is 3. The van der Waals surface area contributed by atoms with Crippen LogP contribution in [0.5, 0.6) is 5.75 Å². The first-order valence-corrected chi connectivity index (χ1v) is 11.0. The molecule has 0 heterocycles. The first-order chi connectivity index (χ1) is 17.2. The molecule has 0 bridgehead atoms.